The molecule has 9 heteroatoms. The molecule has 0 amide bonds. The number of pyridine rings is 1. The van der Waals surface area contributed by atoms with Gasteiger partial charge < -0.3 is 19.9 Å². The number of hydrogen-bond acceptors (Lipinski definition) is 8. The average molecular weight is 525 g/mol. The molecule has 0 bridgehead atoms. The third kappa shape index (κ3) is 5.24. The maximum absolute atomic E-state index is 10.1. The molecule has 1 saturated heterocycles. The molecule has 1 atom stereocenters. The molecule has 1 fully saturated rings. The quantitative estimate of drug-likeness (QED) is 0.371. The zero-order chi connectivity index (χ0) is 26.9. The Morgan fingerprint density at radius 2 is 1.95 bits per heavy atom. The fourth-order valence-electron chi connectivity index (χ4n) is 5.75. The molecular weight excluding hydrogens is 488 g/mol. The van der Waals surface area contributed by atoms with Crippen molar-refractivity contribution in [2.45, 2.75) is 59.2 Å². The van der Waals surface area contributed by atoms with Crippen molar-refractivity contribution in [3.8, 4) is 5.69 Å². The Balaban J connectivity index is 1.30. The van der Waals surface area contributed by atoms with E-state index in [1.165, 1.54) is 27.8 Å². The van der Waals surface area contributed by atoms with Gasteiger partial charge in [-0.25, -0.2) is 9.97 Å². The number of nitrogens with one attached hydrogen (secondary N) is 1. The molecule has 3 aromatic heterocycles. The second-order valence-corrected chi connectivity index (χ2v) is 10.8. The molecule has 0 aliphatic carbocycles. The average Bonchev–Trinajstić information content (AvgIpc) is 3.61. The summed E-state index contributed by atoms with van der Waals surface area (Å²) < 4.78 is 2.03. The predicted octanol–water partition coefficient (Wildman–Crippen LogP) is 4.25. The van der Waals surface area contributed by atoms with E-state index in [0.717, 1.165) is 62.6 Å². The Kier molecular flexibility index (Phi) is 7.01. The molecule has 9 nitrogen and oxygen atoms in total. The van der Waals surface area contributed by atoms with Gasteiger partial charge in [0.15, 0.2) is 5.82 Å². The molecule has 2 aliphatic heterocycles. The third-order valence-corrected chi connectivity index (χ3v) is 8.14. The molecular formula is C30H36N8O. The van der Waals surface area contributed by atoms with Crippen molar-refractivity contribution in [3.05, 3.63) is 82.7 Å². The topological polar surface area (TPSA) is 95.2 Å². The van der Waals surface area contributed by atoms with Gasteiger partial charge in [0, 0.05) is 49.8 Å². The molecule has 0 unspecified atom stereocenters. The first-order chi connectivity index (χ1) is 19.0. The number of rotatable bonds is 7. The molecule has 5 heterocycles. The van der Waals surface area contributed by atoms with Crippen LogP contribution in [0.5, 0.6) is 0 Å². The zero-order valence-electron chi connectivity index (χ0n) is 22.9. The van der Waals surface area contributed by atoms with E-state index < -0.39 is 0 Å². The van der Waals surface area contributed by atoms with Crippen LogP contribution in [0.1, 0.15) is 46.4 Å². The van der Waals surface area contributed by atoms with Crippen LogP contribution in [-0.2, 0) is 19.5 Å². The maximum Gasteiger partial charge on any atom is 0.230 e. The number of anilines is 3. The van der Waals surface area contributed by atoms with Crippen LogP contribution >= 0.6 is 0 Å². The lowest BCUT2D eigenvalue weighted by atomic mass is 10.0. The van der Waals surface area contributed by atoms with Gasteiger partial charge in [0.25, 0.3) is 0 Å². The lowest BCUT2D eigenvalue weighted by molar-refractivity contribution is 0.240. The van der Waals surface area contributed by atoms with Crippen LogP contribution in [0, 0.1) is 20.8 Å². The van der Waals surface area contributed by atoms with E-state index in [1.807, 2.05) is 35.6 Å². The summed E-state index contributed by atoms with van der Waals surface area (Å²) in [7, 11) is 0. The zero-order valence-corrected chi connectivity index (χ0v) is 22.9. The molecule has 4 aromatic rings. The predicted molar refractivity (Wildman–Crippen MR) is 153 cm³/mol. The van der Waals surface area contributed by atoms with Crippen molar-refractivity contribution in [1.29, 1.82) is 0 Å². The summed E-state index contributed by atoms with van der Waals surface area (Å²) in [5.74, 6) is 2.18. The fourth-order valence-corrected chi connectivity index (χ4v) is 5.75. The highest BCUT2D eigenvalue weighted by molar-refractivity contribution is 5.58. The lowest BCUT2D eigenvalue weighted by Gasteiger charge is -2.33. The monoisotopic (exact) mass is 524 g/mol. The van der Waals surface area contributed by atoms with Crippen LogP contribution < -0.4 is 10.2 Å². The number of nitrogens with zero attached hydrogens (tertiary/aromatic N) is 7. The molecule has 0 saturated carbocycles. The largest absolute Gasteiger partial charge is 0.394 e. The Morgan fingerprint density at radius 1 is 1.10 bits per heavy atom. The minimum Gasteiger partial charge on any atom is -0.394 e. The number of imidazole rings is 1. The summed E-state index contributed by atoms with van der Waals surface area (Å²) in [6, 6.07) is 8.55. The smallest absolute Gasteiger partial charge is 0.230 e. The molecule has 39 heavy (non-hydrogen) atoms. The van der Waals surface area contributed by atoms with Crippen molar-refractivity contribution in [2.75, 3.05) is 29.9 Å². The van der Waals surface area contributed by atoms with Crippen LogP contribution in [0.15, 0.2) is 49.2 Å². The highest BCUT2D eigenvalue weighted by Crippen LogP contribution is 2.33. The van der Waals surface area contributed by atoms with E-state index in [1.54, 1.807) is 0 Å². The lowest BCUT2D eigenvalue weighted by Crippen LogP contribution is -2.37. The minimum absolute atomic E-state index is 0.0949. The van der Waals surface area contributed by atoms with Crippen molar-refractivity contribution >= 4 is 17.6 Å². The second kappa shape index (κ2) is 10.7. The summed E-state index contributed by atoms with van der Waals surface area (Å²) in [5, 5.41) is 13.4. The summed E-state index contributed by atoms with van der Waals surface area (Å²) in [6.45, 7) is 9.96. The first-order valence-corrected chi connectivity index (χ1v) is 13.8. The van der Waals surface area contributed by atoms with E-state index in [2.05, 4.69) is 64.1 Å². The second-order valence-electron chi connectivity index (χ2n) is 10.8. The molecule has 2 N–H and O–H groups in total. The number of aliphatic hydroxyl groups is 1. The van der Waals surface area contributed by atoms with Gasteiger partial charge in [-0.15, -0.1) is 0 Å². The van der Waals surface area contributed by atoms with Gasteiger partial charge in [0.1, 0.15) is 12.1 Å². The van der Waals surface area contributed by atoms with E-state index >= 15 is 0 Å². The Bertz CT molecular complexity index is 1440. The molecule has 0 spiro atoms. The van der Waals surface area contributed by atoms with Crippen LogP contribution in [-0.4, -0.2) is 60.2 Å². The SMILES string of the molecule is Cc1cc(-n2cnc(Nc3nc4c(c(N5CCC[C@H]5CO)n3)CCN(Cc3cccnc3)C4)c2)cc(C)c1C. The molecule has 2 aliphatic rings. The van der Waals surface area contributed by atoms with E-state index in [-0.39, 0.29) is 12.6 Å². The standard InChI is InChI=1S/C30H36N8O/c1-20-12-25(13-21(2)22(20)3)37-17-28(32-19-37)34-30-33-27-16-36(15-23-6-4-9-31-14-23)11-8-26(27)29(35-30)38-10-5-7-24(38)18-39/h4,6,9,12-14,17,19,24,39H,5,7-8,10-11,15-16,18H2,1-3H3,(H,33,34,35)/t24-/m0/s1. The number of aromatic nitrogens is 5. The van der Waals surface area contributed by atoms with E-state index in [4.69, 9.17) is 9.97 Å². The van der Waals surface area contributed by atoms with Crippen molar-refractivity contribution in [1.82, 2.24) is 29.4 Å². The summed E-state index contributed by atoms with van der Waals surface area (Å²) in [4.78, 5) is 23.6. The Labute approximate surface area is 229 Å². The van der Waals surface area contributed by atoms with Gasteiger partial charge in [-0.2, -0.15) is 4.98 Å². The first kappa shape index (κ1) is 25.5. The van der Waals surface area contributed by atoms with Crippen LogP contribution in [0.2, 0.25) is 0 Å². The molecule has 6 rings (SSSR count). The van der Waals surface area contributed by atoms with Crippen molar-refractivity contribution in [2.24, 2.45) is 0 Å². The number of hydrogen-bond donors (Lipinski definition) is 2. The van der Waals surface area contributed by atoms with Gasteiger partial charge in [-0.05, 0) is 80.5 Å². The van der Waals surface area contributed by atoms with Crippen LogP contribution in [0.3, 0.4) is 0 Å². The van der Waals surface area contributed by atoms with Crippen molar-refractivity contribution < 1.29 is 5.11 Å². The van der Waals surface area contributed by atoms with Gasteiger partial charge >= 0.3 is 0 Å². The first-order valence-electron chi connectivity index (χ1n) is 13.8. The Hall–Kier alpha value is -3.82. The minimum atomic E-state index is 0.0949. The molecule has 0 radical (unpaired) electrons. The molecule has 1 aromatic carbocycles. The van der Waals surface area contributed by atoms with E-state index in [0.29, 0.717) is 11.8 Å². The molecule has 202 valence electrons. The highest BCUT2D eigenvalue weighted by atomic mass is 16.3. The fraction of sp³-hybridized carbons (Fsp3) is 0.400. The van der Waals surface area contributed by atoms with Gasteiger partial charge in [0.2, 0.25) is 5.95 Å². The summed E-state index contributed by atoms with van der Waals surface area (Å²) in [6.07, 6.45) is 10.4. The number of aliphatic hydroxyl groups excluding tert-OH is 1. The van der Waals surface area contributed by atoms with Crippen LogP contribution in [0.4, 0.5) is 17.6 Å². The Morgan fingerprint density at radius 3 is 2.72 bits per heavy atom. The van der Waals surface area contributed by atoms with Gasteiger partial charge in [0.05, 0.1) is 24.5 Å². The highest BCUT2D eigenvalue weighted by Gasteiger charge is 2.31. The normalized spacial score (nSPS) is 17.4. The number of fused-ring (bicyclic) bond motifs is 1. The van der Waals surface area contributed by atoms with Gasteiger partial charge in [-0.3, -0.25) is 9.88 Å². The summed E-state index contributed by atoms with van der Waals surface area (Å²) in [5.41, 5.74) is 8.34. The maximum atomic E-state index is 10.1. The van der Waals surface area contributed by atoms with Crippen molar-refractivity contribution in [3.63, 3.8) is 0 Å². The van der Waals surface area contributed by atoms with Gasteiger partial charge in [-0.1, -0.05) is 6.07 Å². The number of aryl methyl sites for hydroxylation is 2. The third-order valence-electron chi connectivity index (χ3n) is 8.14. The number of benzene rings is 1. The van der Waals surface area contributed by atoms with Crippen LogP contribution in [0.25, 0.3) is 5.69 Å². The van der Waals surface area contributed by atoms with E-state index in [9.17, 15) is 5.11 Å². The summed E-state index contributed by atoms with van der Waals surface area (Å²) >= 11 is 0.